The number of ether oxygens (including phenoxy) is 1. The zero-order valence-electron chi connectivity index (χ0n) is 17.5. The maximum atomic E-state index is 13.8. The van der Waals surface area contributed by atoms with E-state index in [1.165, 1.54) is 13.1 Å². The number of carbonyl (C=O) groups excluding carboxylic acids is 2. The van der Waals surface area contributed by atoms with Crippen LogP contribution in [0.2, 0.25) is 0 Å². The van der Waals surface area contributed by atoms with Crippen LogP contribution in [0.15, 0.2) is 18.2 Å². The second-order valence-electron chi connectivity index (χ2n) is 8.30. The van der Waals surface area contributed by atoms with Gasteiger partial charge >= 0.3 is 0 Å². The summed E-state index contributed by atoms with van der Waals surface area (Å²) in [6.07, 6.45) is 0.684. The molecule has 0 aliphatic carbocycles. The summed E-state index contributed by atoms with van der Waals surface area (Å²) < 4.78 is 34.6. The van der Waals surface area contributed by atoms with Gasteiger partial charge in [0.2, 0.25) is 5.91 Å². The maximum absolute atomic E-state index is 13.8. The molecule has 2 amide bonds. The highest BCUT2D eigenvalue weighted by atomic mass is 19.2. The Labute approximate surface area is 173 Å². The highest BCUT2D eigenvalue weighted by molar-refractivity contribution is 5.97. The Kier molecular flexibility index (Phi) is 6.21. The van der Waals surface area contributed by atoms with Gasteiger partial charge in [0.05, 0.1) is 12.3 Å². The fourth-order valence-corrected chi connectivity index (χ4v) is 3.42. The molecule has 1 aromatic carbocycles. The van der Waals surface area contributed by atoms with Crippen LogP contribution in [-0.2, 0) is 22.7 Å². The minimum atomic E-state index is -0.992. The van der Waals surface area contributed by atoms with E-state index in [1.54, 1.807) is 4.57 Å². The van der Waals surface area contributed by atoms with Crippen LogP contribution >= 0.6 is 0 Å². The Bertz CT molecular complexity index is 966. The molecule has 7 nitrogen and oxygen atoms in total. The number of imidazole rings is 1. The average Bonchev–Trinajstić information content (AvgIpc) is 2.88. The standard InChI is InChI=1S/C21H26F2N4O3/c1-21(2,3)17(20(29)24-4)26-19(28)16-15-11-30-9-5-8-27(15)18(25-16)12-6-7-13(22)14(23)10-12/h6-7,10,17H,5,8-9,11H2,1-4H3,(H,24,29)(H,26,28)/t17-/m1/s1. The molecule has 0 unspecified atom stereocenters. The lowest BCUT2D eigenvalue weighted by Gasteiger charge is -2.29. The van der Waals surface area contributed by atoms with Gasteiger partial charge in [0, 0.05) is 25.8 Å². The van der Waals surface area contributed by atoms with Crippen molar-refractivity contribution in [2.45, 2.75) is 46.4 Å². The molecule has 1 aliphatic heterocycles. The topological polar surface area (TPSA) is 85.3 Å². The lowest BCUT2D eigenvalue weighted by atomic mass is 9.86. The second kappa shape index (κ2) is 8.51. The summed E-state index contributed by atoms with van der Waals surface area (Å²) in [5.41, 5.74) is 0.463. The Morgan fingerprint density at radius 1 is 1.23 bits per heavy atom. The summed E-state index contributed by atoms with van der Waals surface area (Å²) in [5.74, 6) is -2.44. The summed E-state index contributed by atoms with van der Waals surface area (Å²) in [7, 11) is 1.50. The number of nitrogens with one attached hydrogen (secondary N) is 2. The monoisotopic (exact) mass is 420 g/mol. The van der Waals surface area contributed by atoms with Crippen molar-refractivity contribution >= 4 is 11.8 Å². The Morgan fingerprint density at radius 2 is 1.97 bits per heavy atom. The molecule has 0 saturated carbocycles. The van der Waals surface area contributed by atoms with E-state index in [0.29, 0.717) is 36.7 Å². The maximum Gasteiger partial charge on any atom is 0.272 e. The van der Waals surface area contributed by atoms with Crippen molar-refractivity contribution < 1.29 is 23.1 Å². The van der Waals surface area contributed by atoms with Gasteiger partial charge in [0.15, 0.2) is 17.3 Å². The third kappa shape index (κ3) is 4.35. The first-order valence-corrected chi connectivity index (χ1v) is 9.78. The van der Waals surface area contributed by atoms with Crippen molar-refractivity contribution in [3.05, 3.63) is 41.2 Å². The molecule has 0 radical (unpaired) electrons. The van der Waals surface area contributed by atoms with E-state index in [1.807, 2.05) is 20.8 Å². The van der Waals surface area contributed by atoms with Gasteiger partial charge in [0.25, 0.3) is 5.91 Å². The van der Waals surface area contributed by atoms with Gasteiger partial charge in [-0.3, -0.25) is 9.59 Å². The highest BCUT2D eigenvalue weighted by Crippen LogP contribution is 2.27. The molecule has 1 aliphatic rings. The van der Waals surface area contributed by atoms with E-state index in [2.05, 4.69) is 15.6 Å². The third-order valence-corrected chi connectivity index (χ3v) is 5.02. The van der Waals surface area contributed by atoms with Gasteiger partial charge in [-0.05, 0) is 30.0 Å². The minimum Gasteiger partial charge on any atom is -0.375 e. The first kappa shape index (κ1) is 21.9. The molecule has 1 atom stereocenters. The molecule has 2 N–H and O–H groups in total. The number of fused-ring (bicyclic) bond motifs is 1. The highest BCUT2D eigenvalue weighted by Gasteiger charge is 2.34. The molecule has 2 heterocycles. The van der Waals surface area contributed by atoms with Crippen molar-refractivity contribution in [3.8, 4) is 11.4 Å². The van der Waals surface area contributed by atoms with Gasteiger partial charge in [-0.2, -0.15) is 0 Å². The lowest BCUT2D eigenvalue weighted by Crippen LogP contribution is -2.53. The zero-order chi connectivity index (χ0) is 22.1. The van der Waals surface area contributed by atoms with Crippen molar-refractivity contribution in [2.24, 2.45) is 5.41 Å². The molecular formula is C21H26F2N4O3. The fourth-order valence-electron chi connectivity index (χ4n) is 3.42. The lowest BCUT2D eigenvalue weighted by molar-refractivity contribution is -0.124. The summed E-state index contributed by atoms with van der Waals surface area (Å²) >= 11 is 0. The molecule has 3 rings (SSSR count). The Morgan fingerprint density at radius 3 is 2.60 bits per heavy atom. The Balaban J connectivity index is 2.04. The van der Waals surface area contributed by atoms with Crippen LogP contribution in [0.25, 0.3) is 11.4 Å². The number of rotatable bonds is 4. The minimum absolute atomic E-state index is 0.106. The zero-order valence-corrected chi connectivity index (χ0v) is 17.5. The van der Waals surface area contributed by atoms with Crippen LogP contribution in [-0.4, -0.2) is 41.1 Å². The molecule has 2 aromatic rings. The second-order valence-corrected chi connectivity index (χ2v) is 8.30. The van der Waals surface area contributed by atoms with Crippen LogP contribution in [0.3, 0.4) is 0 Å². The smallest absolute Gasteiger partial charge is 0.272 e. The molecule has 0 fully saturated rings. The van der Waals surface area contributed by atoms with Gasteiger partial charge in [-0.25, -0.2) is 13.8 Å². The summed E-state index contributed by atoms with van der Waals surface area (Å²) in [6.45, 7) is 6.70. The van der Waals surface area contributed by atoms with Crippen LogP contribution in [0, 0.1) is 17.0 Å². The SMILES string of the molecule is CNC(=O)[C@@H](NC(=O)c1nc(-c2ccc(F)c(F)c2)n2c1COCCC2)C(C)(C)C. The molecule has 0 spiro atoms. The van der Waals surface area contributed by atoms with E-state index >= 15 is 0 Å². The normalized spacial score (nSPS) is 15.1. The fraction of sp³-hybridized carbons (Fsp3) is 0.476. The number of hydrogen-bond acceptors (Lipinski definition) is 4. The van der Waals surface area contributed by atoms with Crippen molar-refractivity contribution in [1.29, 1.82) is 0 Å². The predicted octanol–water partition coefficient (Wildman–Crippen LogP) is 2.64. The van der Waals surface area contributed by atoms with Crippen LogP contribution in [0.5, 0.6) is 0 Å². The number of benzene rings is 1. The van der Waals surface area contributed by atoms with Gasteiger partial charge in [-0.15, -0.1) is 0 Å². The van der Waals surface area contributed by atoms with Gasteiger partial charge in [-0.1, -0.05) is 20.8 Å². The first-order valence-electron chi connectivity index (χ1n) is 9.78. The molecule has 1 aromatic heterocycles. The number of nitrogens with zero attached hydrogens (tertiary/aromatic N) is 2. The number of aromatic nitrogens is 2. The first-order chi connectivity index (χ1) is 14.1. The largest absolute Gasteiger partial charge is 0.375 e. The van der Waals surface area contributed by atoms with Crippen molar-refractivity contribution in [2.75, 3.05) is 13.7 Å². The quantitative estimate of drug-likeness (QED) is 0.796. The average molecular weight is 420 g/mol. The van der Waals surface area contributed by atoms with Crippen LogP contribution < -0.4 is 10.6 Å². The summed E-state index contributed by atoms with van der Waals surface area (Å²) in [6, 6.07) is 2.72. The molecule has 0 bridgehead atoms. The number of amides is 2. The number of halogens is 2. The van der Waals surface area contributed by atoms with E-state index in [9.17, 15) is 18.4 Å². The molecular weight excluding hydrogens is 394 g/mol. The number of likely N-dealkylation sites (N-methyl/N-ethyl adjacent to an activating group) is 1. The van der Waals surface area contributed by atoms with Crippen LogP contribution in [0.1, 0.15) is 43.4 Å². The van der Waals surface area contributed by atoms with E-state index in [0.717, 1.165) is 12.1 Å². The van der Waals surface area contributed by atoms with Gasteiger partial charge in [0.1, 0.15) is 11.9 Å². The molecule has 0 saturated heterocycles. The summed E-state index contributed by atoms with van der Waals surface area (Å²) in [4.78, 5) is 29.9. The third-order valence-electron chi connectivity index (χ3n) is 5.02. The predicted molar refractivity (Wildman–Crippen MR) is 107 cm³/mol. The van der Waals surface area contributed by atoms with Crippen LogP contribution in [0.4, 0.5) is 8.78 Å². The van der Waals surface area contributed by atoms with Crippen molar-refractivity contribution in [3.63, 3.8) is 0 Å². The molecule has 162 valence electrons. The number of hydrogen-bond donors (Lipinski definition) is 2. The summed E-state index contributed by atoms with van der Waals surface area (Å²) in [5, 5.41) is 5.33. The van der Waals surface area contributed by atoms with Crippen molar-refractivity contribution in [1.82, 2.24) is 20.2 Å². The van der Waals surface area contributed by atoms with E-state index in [4.69, 9.17) is 4.74 Å². The molecule has 9 heteroatoms. The van der Waals surface area contributed by atoms with E-state index in [-0.39, 0.29) is 18.2 Å². The Hall–Kier alpha value is -2.81. The number of carbonyl (C=O) groups is 2. The van der Waals surface area contributed by atoms with Gasteiger partial charge < -0.3 is 19.9 Å². The van der Waals surface area contributed by atoms with E-state index < -0.39 is 29.0 Å². The molecule has 30 heavy (non-hydrogen) atoms.